The number of aryl methyl sites for hydroxylation is 1. The fourth-order valence-corrected chi connectivity index (χ4v) is 2.93. The Hall–Kier alpha value is -2.33. The molecule has 0 fully saturated rings. The average molecular weight is 281 g/mol. The monoisotopic (exact) mass is 281 g/mol. The Morgan fingerprint density at radius 3 is 2.10 bits per heavy atom. The SMILES string of the molecule is Cc1ccc(-c2nc(N)sc2-c2ccc(N)cc2)cc1. The van der Waals surface area contributed by atoms with Crippen molar-refractivity contribution in [3.63, 3.8) is 0 Å². The van der Waals surface area contributed by atoms with Crippen molar-refractivity contribution in [2.75, 3.05) is 11.5 Å². The van der Waals surface area contributed by atoms with Gasteiger partial charge in [0.25, 0.3) is 0 Å². The van der Waals surface area contributed by atoms with Gasteiger partial charge < -0.3 is 11.5 Å². The second-order valence-electron chi connectivity index (χ2n) is 4.72. The summed E-state index contributed by atoms with van der Waals surface area (Å²) < 4.78 is 0. The van der Waals surface area contributed by atoms with Crippen LogP contribution in [0.4, 0.5) is 10.8 Å². The predicted molar refractivity (Wildman–Crippen MR) is 86.5 cm³/mol. The van der Waals surface area contributed by atoms with Crippen LogP contribution in [-0.4, -0.2) is 4.98 Å². The molecule has 1 aromatic heterocycles. The number of anilines is 2. The quantitative estimate of drug-likeness (QED) is 0.699. The number of hydrogen-bond donors (Lipinski definition) is 2. The van der Waals surface area contributed by atoms with E-state index in [1.807, 2.05) is 24.3 Å². The number of hydrogen-bond acceptors (Lipinski definition) is 4. The molecule has 0 unspecified atom stereocenters. The van der Waals surface area contributed by atoms with Crippen molar-refractivity contribution < 1.29 is 0 Å². The van der Waals surface area contributed by atoms with Crippen molar-refractivity contribution in [1.29, 1.82) is 0 Å². The molecule has 0 aliphatic carbocycles. The molecule has 4 heteroatoms. The first-order chi connectivity index (χ1) is 9.63. The van der Waals surface area contributed by atoms with E-state index >= 15 is 0 Å². The number of rotatable bonds is 2. The van der Waals surface area contributed by atoms with Crippen molar-refractivity contribution in [3.8, 4) is 21.7 Å². The zero-order valence-electron chi connectivity index (χ0n) is 11.1. The smallest absolute Gasteiger partial charge is 0.181 e. The second-order valence-corrected chi connectivity index (χ2v) is 5.75. The molecule has 0 saturated heterocycles. The highest BCUT2D eigenvalue weighted by molar-refractivity contribution is 7.19. The van der Waals surface area contributed by atoms with Crippen LogP contribution in [0.2, 0.25) is 0 Å². The Bertz CT molecular complexity index is 664. The van der Waals surface area contributed by atoms with Crippen LogP contribution >= 0.6 is 11.3 Å². The summed E-state index contributed by atoms with van der Waals surface area (Å²) in [6.45, 7) is 2.07. The lowest BCUT2D eigenvalue weighted by Crippen LogP contribution is -1.86. The van der Waals surface area contributed by atoms with E-state index in [0.29, 0.717) is 5.13 Å². The minimum absolute atomic E-state index is 0.576. The molecular weight excluding hydrogens is 266 g/mol. The molecule has 0 atom stereocenters. The van der Waals surface area contributed by atoms with Crippen LogP contribution in [0, 0.1) is 6.92 Å². The van der Waals surface area contributed by atoms with Crippen LogP contribution in [0.3, 0.4) is 0 Å². The summed E-state index contributed by atoms with van der Waals surface area (Å²) in [5.41, 5.74) is 16.7. The van der Waals surface area contributed by atoms with Crippen LogP contribution in [0.25, 0.3) is 21.7 Å². The first-order valence-corrected chi connectivity index (χ1v) is 7.14. The standard InChI is InChI=1S/C16H15N3S/c1-10-2-4-11(5-3-10)14-15(20-16(18)19-14)12-6-8-13(17)9-7-12/h2-9H,17H2,1H3,(H2,18,19). The van der Waals surface area contributed by atoms with Gasteiger partial charge in [0.15, 0.2) is 5.13 Å². The second kappa shape index (κ2) is 4.98. The molecule has 0 saturated carbocycles. The third-order valence-electron chi connectivity index (χ3n) is 3.14. The molecule has 0 amide bonds. The van der Waals surface area contributed by atoms with Crippen molar-refractivity contribution >= 4 is 22.2 Å². The largest absolute Gasteiger partial charge is 0.399 e. The third kappa shape index (κ3) is 2.38. The maximum atomic E-state index is 5.90. The van der Waals surface area contributed by atoms with Gasteiger partial charge in [-0.2, -0.15) is 0 Å². The lowest BCUT2D eigenvalue weighted by molar-refractivity contribution is 1.39. The summed E-state index contributed by atoms with van der Waals surface area (Å²) in [5.74, 6) is 0. The molecule has 3 rings (SSSR count). The van der Waals surface area contributed by atoms with Crippen molar-refractivity contribution in [3.05, 3.63) is 54.1 Å². The molecule has 4 N–H and O–H groups in total. The molecule has 0 radical (unpaired) electrons. The Morgan fingerprint density at radius 2 is 1.45 bits per heavy atom. The Kier molecular flexibility index (Phi) is 3.16. The highest BCUT2D eigenvalue weighted by Gasteiger charge is 2.13. The fourth-order valence-electron chi connectivity index (χ4n) is 2.07. The topological polar surface area (TPSA) is 64.9 Å². The summed E-state index contributed by atoms with van der Waals surface area (Å²) in [6, 6.07) is 16.1. The van der Waals surface area contributed by atoms with Gasteiger partial charge in [-0.1, -0.05) is 53.3 Å². The van der Waals surface area contributed by atoms with Gasteiger partial charge in [-0.3, -0.25) is 0 Å². The number of nitrogens with two attached hydrogens (primary N) is 2. The van der Waals surface area contributed by atoms with E-state index in [-0.39, 0.29) is 0 Å². The minimum Gasteiger partial charge on any atom is -0.399 e. The summed E-state index contributed by atoms with van der Waals surface area (Å²) in [5, 5.41) is 0.576. The predicted octanol–water partition coefficient (Wildman–Crippen LogP) is 3.95. The van der Waals surface area contributed by atoms with E-state index in [1.165, 1.54) is 16.9 Å². The maximum absolute atomic E-state index is 5.90. The van der Waals surface area contributed by atoms with Crippen LogP contribution in [-0.2, 0) is 0 Å². The molecule has 2 aromatic carbocycles. The van der Waals surface area contributed by atoms with Gasteiger partial charge in [0.2, 0.25) is 0 Å². The van der Waals surface area contributed by atoms with Crippen LogP contribution in [0.5, 0.6) is 0 Å². The van der Waals surface area contributed by atoms with E-state index in [9.17, 15) is 0 Å². The van der Waals surface area contributed by atoms with Crippen molar-refractivity contribution in [2.45, 2.75) is 6.92 Å². The molecule has 0 aliphatic rings. The van der Waals surface area contributed by atoms with E-state index < -0.39 is 0 Å². The van der Waals surface area contributed by atoms with Gasteiger partial charge in [-0.05, 0) is 24.6 Å². The number of benzene rings is 2. The normalized spacial score (nSPS) is 10.7. The zero-order valence-corrected chi connectivity index (χ0v) is 11.9. The fraction of sp³-hybridized carbons (Fsp3) is 0.0625. The van der Waals surface area contributed by atoms with Gasteiger partial charge in [0, 0.05) is 11.3 Å². The molecule has 3 aromatic rings. The van der Waals surface area contributed by atoms with E-state index in [2.05, 4.69) is 36.2 Å². The zero-order chi connectivity index (χ0) is 14.1. The molecule has 20 heavy (non-hydrogen) atoms. The first-order valence-electron chi connectivity index (χ1n) is 6.33. The van der Waals surface area contributed by atoms with Gasteiger partial charge in [0.05, 0.1) is 10.6 Å². The minimum atomic E-state index is 0.576. The number of aromatic nitrogens is 1. The lowest BCUT2D eigenvalue weighted by Gasteiger charge is -2.04. The molecule has 0 bridgehead atoms. The first kappa shape index (κ1) is 12.7. The molecule has 100 valence electrons. The molecule has 0 spiro atoms. The average Bonchev–Trinajstić information content (AvgIpc) is 2.82. The summed E-state index contributed by atoms with van der Waals surface area (Å²) in [7, 11) is 0. The van der Waals surface area contributed by atoms with Crippen LogP contribution in [0.1, 0.15) is 5.56 Å². The Balaban J connectivity index is 2.12. The van der Waals surface area contributed by atoms with Crippen molar-refractivity contribution in [1.82, 2.24) is 4.98 Å². The molecular formula is C16H15N3S. The number of nitrogen functional groups attached to an aromatic ring is 2. The van der Waals surface area contributed by atoms with E-state index in [4.69, 9.17) is 11.5 Å². The number of thiazole rings is 1. The lowest BCUT2D eigenvalue weighted by atomic mass is 10.1. The van der Waals surface area contributed by atoms with E-state index in [0.717, 1.165) is 27.4 Å². The molecule has 3 nitrogen and oxygen atoms in total. The van der Waals surface area contributed by atoms with Crippen LogP contribution < -0.4 is 11.5 Å². The van der Waals surface area contributed by atoms with E-state index in [1.54, 1.807) is 0 Å². The Morgan fingerprint density at radius 1 is 0.850 bits per heavy atom. The van der Waals surface area contributed by atoms with Gasteiger partial charge in [0.1, 0.15) is 0 Å². The Labute approximate surface area is 121 Å². The maximum Gasteiger partial charge on any atom is 0.181 e. The highest BCUT2D eigenvalue weighted by atomic mass is 32.1. The molecule has 0 aliphatic heterocycles. The summed E-state index contributed by atoms with van der Waals surface area (Å²) in [6.07, 6.45) is 0. The third-order valence-corrected chi connectivity index (χ3v) is 4.08. The van der Waals surface area contributed by atoms with Crippen molar-refractivity contribution in [2.24, 2.45) is 0 Å². The number of nitrogens with zero attached hydrogens (tertiary/aromatic N) is 1. The summed E-state index contributed by atoms with van der Waals surface area (Å²) in [4.78, 5) is 5.55. The van der Waals surface area contributed by atoms with Crippen LogP contribution in [0.15, 0.2) is 48.5 Å². The molecule has 1 heterocycles. The highest BCUT2D eigenvalue weighted by Crippen LogP contribution is 2.38. The van der Waals surface area contributed by atoms with Gasteiger partial charge in [-0.25, -0.2) is 4.98 Å². The van der Waals surface area contributed by atoms with Gasteiger partial charge in [-0.15, -0.1) is 0 Å². The summed E-state index contributed by atoms with van der Waals surface area (Å²) >= 11 is 1.50. The van der Waals surface area contributed by atoms with Gasteiger partial charge >= 0.3 is 0 Å².